The van der Waals surface area contributed by atoms with Crippen molar-refractivity contribution < 1.29 is 0 Å². The smallest absolute Gasteiger partial charge is 0.0401 e. The van der Waals surface area contributed by atoms with Crippen LogP contribution >= 0.6 is 15.9 Å². The molecule has 0 saturated carbocycles. The number of benzene rings is 2. The van der Waals surface area contributed by atoms with Crippen LogP contribution in [0.15, 0.2) is 53.0 Å². The molecule has 0 aliphatic rings. The third kappa shape index (κ3) is 3.11. The molecule has 0 unspecified atom stereocenters. The second-order valence-corrected chi connectivity index (χ2v) is 4.77. The Balaban J connectivity index is 2.02. The summed E-state index contributed by atoms with van der Waals surface area (Å²) in [7, 11) is 0. The molecule has 0 radical (unpaired) electrons. The number of nitrogens with one attached hydrogen (secondary N) is 1. The summed E-state index contributed by atoms with van der Waals surface area (Å²) >= 11 is 3.47. The summed E-state index contributed by atoms with van der Waals surface area (Å²) in [5.74, 6) is 0. The van der Waals surface area contributed by atoms with Gasteiger partial charge in [0.25, 0.3) is 0 Å². The van der Waals surface area contributed by atoms with Gasteiger partial charge in [-0.1, -0.05) is 40.2 Å². The second kappa shape index (κ2) is 5.17. The number of halogens is 1. The quantitative estimate of drug-likeness (QED) is 0.877. The zero-order valence-electron chi connectivity index (χ0n) is 9.20. The first-order valence-electron chi connectivity index (χ1n) is 5.29. The van der Waals surface area contributed by atoms with Crippen molar-refractivity contribution in [1.29, 1.82) is 0 Å². The zero-order valence-corrected chi connectivity index (χ0v) is 10.8. The lowest BCUT2D eigenvalue weighted by Crippen LogP contribution is -1.99. The molecule has 0 aliphatic heterocycles. The van der Waals surface area contributed by atoms with Crippen molar-refractivity contribution in [2.24, 2.45) is 0 Å². The van der Waals surface area contributed by atoms with E-state index in [1.54, 1.807) is 0 Å². The molecule has 2 heteroatoms. The third-order valence-corrected chi connectivity index (χ3v) is 2.90. The van der Waals surface area contributed by atoms with Crippen molar-refractivity contribution >= 4 is 21.6 Å². The highest BCUT2D eigenvalue weighted by Crippen LogP contribution is 2.14. The second-order valence-electron chi connectivity index (χ2n) is 3.85. The third-order valence-electron chi connectivity index (χ3n) is 2.40. The van der Waals surface area contributed by atoms with Gasteiger partial charge in [0.15, 0.2) is 0 Å². The Labute approximate surface area is 105 Å². The maximum absolute atomic E-state index is 3.47. The molecule has 1 N–H and O–H groups in total. The van der Waals surface area contributed by atoms with Crippen molar-refractivity contribution in [2.75, 3.05) is 5.32 Å². The summed E-state index contributed by atoms with van der Waals surface area (Å²) < 4.78 is 1.12. The standard InChI is InChI=1S/C14H14BrN/c1-11-4-2-7-14(8-11)16-10-12-5-3-6-13(15)9-12/h2-9,16H,10H2,1H3. The molecule has 0 bridgehead atoms. The highest BCUT2D eigenvalue weighted by atomic mass is 79.9. The van der Waals surface area contributed by atoms with Gasteiger partial charge in [-0.15, -0.1) is 0 Å². The van der Waals surface area contributed by atoms with E-state index in [-0.39, 0.29) is 0 Å². The monoisotopic (exact) mass is 275 g/mol. The SMILES string of the molecule is Cc1cccc(NCc2cccc(Br)c2)c1. The Hall–Kier alpha value is -1.28. The van der Waals surface area contributed by atoms with E-state index in [0.29, 0.717) is 0 Å². The summed E-state index contributed by atoms with van der Waals surface area (Å²) in [6, 6.07) is 16.7. The number of rotatable bonds is 3. The van der Waals surface area contributed by atoms with Gasteiger partial charge >= 0.3 is 0 Å². The minimum Gasteiger partial charge on any atom is -0.381 e. The number of aryl methyl sites for hydroxylation is 1. The largest absolute Gasteiger partial charge is 0.381 e. The van der Waals surface area contributed by atoms with E-state index >= 15 is 0 Å². The molecule has 82 valence electrons. The van der Waals surface area contributed by atoms with Crippen LogP contribution in [0.3, 0.4) is 0 Å². The molecule has 0 aromatic heterocycles. The van der Waals surface area contributed by atoms with Crippen LogP contribution in [0.1, 0.15) is 11.1 Å². The molecule has 0 aliphatic carbocycles. The van der Waals surface area contributed by atoms with Gasteiger partial charge in [0, 0.05) is 16.7 Å². The Morgan fingerprint density at radius 2 is 1.88 bits per heavy atom. The van der Waals surface area contributed by atoms with Gasteiger partial charge in [0.1, 0.15) is 0 Å². The number of hydrogen-bond acceptors (Lipinski definition) is 1. The highest BCUT2D eigenvalue weighted by molar-refractivity contribution is 9.10. The first-order valence-corrected chi connectivity index (χ1v) is 6.08. The van der Waals surface area contributed by atoms with Gasteiger partial charge in [-0.3, -0.25) is 0 Å². The molecule has 2 aromatic carbocycles. The van der Waals surface area contributed by atoms with E-state index in [1.165, 1.54) is 16.8 Å². The number of hydrogen-bond donors (Lipinski definition) is 1. The van der Waals surface area contributed by atoms with Crippen LogP contribution in [0.2, 0.25) is 0 Å². The van der Waals surface area contributed by atoms with Crippen LogP contribution in [0.25, 0.3) is 0 Å². The molecule has 16 heavy (non-hydrogen) atoms. The summed E-state index contributed by atoms with van der Waals surface area (Å²) in [6.07, 6.45) is 0. The fraction of sp³-hybridized carbons (Fsp3) is 0.143. The van der Waals surface area contributed by atoms with E-state index in [1.807, 2.05) is 6.07 Å². The van der Waals surface area contributed by atoms with Gasteiger partial charge < -0.3 is 5.32 Å². The predicted molar refractivity (Wildman–Crippen MR) is 72.6 cm³/mol. The highest BCUT2D eigenvalue weighted by Gasteiger charge is 1.95. The van der Waals surface area contributed by atoms with Gasteiger partial charge in [-0.25, -0.2) is 0 Å². The number of anilines is 1. The predicted octanol–water partition coefficient (Wildman–Crippen LogP) is 4.37. The molecule has 0 fully saturated rings. The molecular weight excluding hydrogens is 262 g/mol. The molecule has 2 aromatic rings. The molecular formula is C14H14BrN. The van der Waals surface area contributed by atoms with Crippen molar-refractivity contribution in [3.05, 3.63) is 64.1 Å². The maximum Gasteiger partial charge on any atom is 0.0401 e. The molecule has 0 saturated heterocycles. The van der Waals surface area contributed by atoms with Crippen LogP contribution in [0.5, 0.6) is 0 Å². The van der Waals surface area contributed by atoms with E-state index < -0.39 is 0 Å². The fourth-order valence-electron chi connectivity index (χ4n) is 1.61. The van der Waals surface area contributed by atoms with E-state index in [4.69, 9.17) is 0 Å². The van der Waals surface area contributed by atoms with E-state index in [2.05, 4.69) is 70.6 Å². The van der Waals surface area contributed by atoms with Gasteiger partial charge in [0.05, 0.1) is 0 Å². The van der Waals surface area contributed by atoms with Crippen LogP contribution in [-0.4, -0.2) is 0 Å². The fourth-order valence-corrected chi connectivity index (χ4v) is 2.05. The molecule has 1 nitrogen and oxygen atoms in total. The lowest BCUT2D eigenvalue weighted by molar-refractivity contribution is 1.14. The normalized spacial score (nSPS) is 10.1. The molecule has 0 atom stereocenters. The van der Waals surface area contributed by atoms with Crippen LogP contribution in [-0.2, 0) is 6.54 Å². The van der Waals surface area contributed by atoms with Crippen LogP contribution in [0.4, 0.5) is 5.69 Å². The summed E-state index contributed by atoms with van der Waals surface area (Å²) in [5.41, 5.74) is 3.72. The molecule has 0 heterocycles. The maximum atomic E-state index is 3.47. The Bertz CT molecular complexity index is 434. The van der Waals surface area contributed by atoms with Crippen molar-refractivity contribution in [3.63, 3.8) is 0 Å². The van der Waals surface area contributed by atoms with Gasteiger partial charge in [-0.2, -0.15) is 0 Å². The zero-order chi connectivity index (χ0) is 11.4. The topological polar surface area (TPSA) is 12.0 Å². The summed E-state index contributed by atoms with van der Waals surface area (Å²) in [5, 5.41) is 3.41. The lowest BCUT2D eigenvalue weighted by atomic mass is 10.2. The summed E-state index contributed by atoms with van der Waals surface area (Å²) in [6.45, 7) is 2.95. The van der Waals surface area contributed by atoms with Crippen LogP contribution < -0.4 is 5.32 Å². The molecule has 2 rings (SSSR count). The van der Waals surface area contributed by atoms with Gasteiger partial charge in [0.2, 0.25) is 0 Å². The minimum absolute atomic E-state index is 0.850. The first-order chi connectivity index (χ1) is 7.74. The van der Waals surface area contributed by atoms with E-state index in [9.17, 15) is 0 Å². The average molecular weight is 276 g/mol. The van der Waals surface area contributed by atoms with Gasteiger partial charge in [-0.05, 0) is 42.3 Å². The van der Waals surface area contributed by atoms with Crippen LogP contribution in [0, 0.1) is 6.92 Å². The summed E-state index contributed by atoms with van der Waals surface area (Å²) in [4.78, 5) is 0. The van der Waals surface area contributed by atoms with E-state index in [0.717, 1.165) is 11.0 Å². The average Bonchev–Trinajstić information content (AvgIpc) is 2.27. The van der Waals surface area contributed by atoms with Crippen molar-refractivity contribution in [2.45, 2.75) is 13.5 Å². The first kappa shape index (κ1) is 11.2. The Kier molecular flexibility index (Phi) is 3.62. The molecule has 0 spiro atoms. The minimum atomic E-state index is 0.850. The Morgan fingerprint density at radius 3 is 2.62 bits per heavy atom. The Morgan fingerprint density at radius 1 is 1.06 bits per heavy atom. The lowest BCUT2D eigenvalue weighted by Gasteiger charge is -2.07. The van der Waals surface area contributed by atoms with Crippen molar-refractivity contribution in [3.8, 4) is 0 Å². The molecule has 0 amide bonds. The van der Waals surface area contributed by atoms with Crippen molar-refractivity contribution in [1.82, 2.24) is 0 Å².